The van der Waals surface area contributed by atoms with E-state index in [1.54, 1.807) is 7.11 Å². The number of benzene rings is 2. The lowest BCUT2D eigenvalue weighted by molar-refractivity contribution is 0.224. The summed E-state index contributed by atoms with van der Waals surface area (Å²) in [4.78, 5) is 6.78. The van der Waals surface area contributed by atoms with Gasteiger partial charge in [0.2, 0.25) is 5.89 Å². The van der Waals surface area contributed by atoms with Crippen LogP contribution in [0.2, 0.25) is 5.02 Å². The molecular formula is C21H23ClN2O2. The summed E-state index contributed by atoms with van der Waals surface area (Å²) in [6, 6.07) is 15.8. The predicted octanol–water partition coefficient (Wildman–Crippen LogP) is 5.51. The predicted molar refractivity (Wildman–Crippen MR) is 105 cm³/mol. The zero-order chi connectivity index (χ0) is 18.7. The van der Waals surface area contributed by atoms with Crippen LogP contribution in [0, 0.1) is 6.92 Å². The first-order valence-corrected chi connectivity index (χ1v) is 8.92. The first-order chi connectivity index (χ1) is 12.5. The summed E-state index contributed by atoms with van der Waals surface area (Å²) >= 11 is 5.97. The van der Waals surface area contributed by atoms with Gasteiger partial charge in [-0.25, -0.2) is 4.98 Å². The Morgan fingerprint density at radius 1 is 1.15 bits per heavy atom. The van der Waals surface area contributed by atoms with Crippen LogP contribution in [-0.4, -0.2) is 24.0 Å². The molecule has 0 spiro atoms. The molecule has 1 aromatic heterocycles. The Labute approximate surface area is 159 Å². The number of nitrogens with zero attached hydrogens (tertiary/aromatic N) is 2. The second kappa shape index (κ2) is 7.94. The van der Waals surface area contributed by atoms with E-state index in [2.05, 4.69) is 29.9 Å². The lowest BCUT2D eigenvalue weighted by Crippen LogP contribution is -2.22. The Hall–Kier alpha value is -2.30. The van der Waals surface area contributed by atoms with E-state index in [1.165, 1.54) is 0 Å². The molecule has 0 saturated heterocycles. The molecule has 26 heavy (non-hydrogen) atoms. The summed E-state index contributed by atoms with van der Waals surface area (Å²) < 4.78 is 11.5. The molecule has 0 radical (unpaired) electrons. The lowest BCUT2D eigenvalue weighted by Gasteiger charge is -2.25. The summed E-state index contributed by atoms with van der Waals surface area (Å²) in [6.07, 6.45) is 0. The molecule has 4 nitrogen and oxygen atoms in total. The van der Waals surface area contributed by atoms with Crippen molar-refractivity contribution in [2.24, 2.45) is 0 Å². The van der Waals surface area contributed by atoms with E-state index in [1.807, 2.05) is 49.4 Å². The zero-order valence-electron chi connectivity index (χ0n) is 15.5. The van der Waals surface area contributed by atoms with Crippen LogP contribution < -0.4 is 4.74 Å². The van der Waals surface area contributed by atoms with Crippen molar-refractivity contribution in [2.75, 3.05) is 14.2 Å². The summed E-state index contributed by atoms with van der Waals surface area (Å²) in [5.41, 5.74) is 2.99. The highest BCUT2D eigenvalue weighted by Gasteiger charge is 2.19. The topological polar surface area (TPSA) is 38.5 Å². The van der Waals surface area contributed by atoms with Crippen LogP contribution in [0.5, 0.6) is 5.75 Å². The van der Waals surface area contributed by atoms with Gasteiger partial charge in [-0.1, -0.05) is 29.8 Å². The highest BCUT2D eigenvalue weighted by atomic mass is 35.5. The highest BCUT2D eigenvalue weighted by molar-refractivity contribution is 6.30. The Kier molecular flexibility index (Phi) is 5.64. The Morgan fingerprint density at radius 2 is 1.85 bits per heavy atom. The zero-order valence-corrected chi connectivity index (χ0v) is 16.2. The van der Waals surface area contributed by atoms with Gasteiger partial charge in [0.15, 0.2) is 5.76 Å². The van der Waals surface area contributed by atoms with Gasteiger partial charge in [0, 0.05) is 22.2 Å². The molecule has 0 fully saturated rings. The van der Waals surface area contributed by atoms with E-state index in [0.29, 0.717) is 17.5 Å². The molecular weight excluding hydrogens is 348 g/mol. The van der Waals surface area contributed by atoms with Crippen LogP contribution in [0.4, 0.5) is 0 Å². The lowest BCUT2D eigenvalue weighted by atomic mass is 10.1. The third-order valence-corrected chi connectivity index (χ3v) is 4.83. The third-order valence-electron chi connectivity index (χ3n) is 4.58. The van der Waals surface area contributed by atoms with E-state index in [-0.39, 0.29) is 6.04 Å². The van der Waals surface area contributed by atoms with Gasteiger partial charge in [0.25, 0.3) is 0 Å². The second-order valence-electron chi connectivity index (χ2n) is 6.36. The van der Waals surface area contributed by atoms with Crippen molar-refractivity contribution in [3.8, 4) is 17.1 Å². The number of ether oxygens (including phenoxy) is 1. The molecule has 0 aliphatic carbocycles. The monoisotopic (exact) mass is 370 g/mol. The first kappa shape index (κ1) is 18.5. The molecule has 1 unspecified atom stereocenters. The number of hydrogen-bond donors (Lipinski definition) is 0. The van der Waals surface area contributed by atoms with Gasteiger partial charge in [0.1, 0.15) is 5.75 Å². The molecule has 0 bridgehead atoms. The molecule has 3 aromatic rings. The third kappa shape index (κ3) is 3.92. The fraction of sp³-hybridized carbons (Fsp3) is 0.286. The van der Waals surface area contributed by atoms with Gasteiger partial charge < -0.3 is 9.15 Å². The van der Waals surface area contributed by atoms with Crippen LogP contribution in [0.3, 0.4) is 0 Å². The van der Waals surface area contributed by atoms with Crippen LogP contribution in [0.1, 0.15) is 30.1 Å². The van der Waals surface area contributed by atoms with E-state index in [0.717, 1.165) is 28.3 Å². The SMILES string of the molecule is COc1ccccc1C(C)N(C)Cc1nc(C)c(-c2ccc(Cl)cc2)o1. The Bertz CT molecular complexity index is 874. The van der Waals surface area contributed by atoms with Gasteiger partial charge in [0.05, 0.1) is 19.3 Å². The number of methoxy groups -OCH3 is 1. The van der Waals surface area contributed by atoms with Gasteiger partial charge in [-0.2, -0.15) is 0 Å². The number of aromatic nitrogens is 1. The Morgan fingerprint density at radius 3 is 2.54 bits per heavy atom. The summed E-state index contributed by atoms with van der Waals surface area (Å²) in [5, 5.41) is 0.705. The van der Waals surface area contributed by atoms with Crippen molar-refractivity contribution in [2.45, 2.75) is 26.4 Å². The summed E-state index contributed by atoms with van der Waals surface area (Å²) in [6.45, 7) is 4.71. The molecule has 1 atom stereocenters. The minimum absolute atomic E-state index is 0.164. The minimum atomic E-state index is 0.164. The molecule has 136 valence electrons. The standard InChI is InChI=1S/C21H23ClN2O2/c1-14-21(16-9-11-17(22)12-10-16)26-20(23-14)13-24(3)15(2)18-7-5-6-8-19(18)25-4/h5-12,15H,13H2,1-4H3. The molecule has 1 heterocycles. The average molecular weight is 371 g/mol. The summed E-state index contributed by atoms with van der Waals surface area (Å²) in [5.74, 6) is 2.36. The fourth-order valence-corrected chi connectivity index (χ4v) is 3.11. The maximum Gasteiger partial charge on any atom is 0.209 e. The maximum atomic E-state index is 6.03. The van der Waals surface area contributed by atoms with Crippen molar-refractivity contribution in [3.63, 3.8) is 0 Å². The van der Waals surface area contributed by atoms with Crippen LogP contribution in [-0.2, 0) is 6.54 Å². The van der Waals surface area contributed by atoms with Gasteiger partial charge in [-0.05, 0) is 51.2 Å². The van der Waals surface area contributed by atoms with E-state index in [9.17, 15) is 0 Å². The molecule has 0 aliphatic rings. The molecule has 0 amide bonds. The largest absolute Gasteiger partial charge is 0.496 e. The van der Waals surface area contributed by atoms with Crippen LogP contribution in [0.25, 0.3) is 11.3 Å². The van der Waals surface area contributed by atoms with E-state index >= 15 is 0 Å². The van der Waals surface area contributed by atoms with Gasteiger partial charge >= 0.3 is 0 Å². The van der Waals surface area contributed by atoms with Gasteiger partial charge in [-0.15, -0.1) is 0 Å². The molecule has 0 saturated carbocycles. The number of halogens is 1. The van der Waals surface area contributed by atoms with Gasteiger partial charge in [-0.3, -0.25) is 4.90 Å². The van der Waals surface area contributed by atoms with E-state index < -0.39 is 0 Å². The number of hydrogen-bond acceptors (Lipinski definition) is 4. The van der Waals surface area contributed by atoms with Crippen molar-refractivity contribution >= 4 is 11.6 Å². The average Bonchev–Trinajstić information content (AvgIpc) is 3.01. The molecule has 0 aliphatic heterocycles. The molecule has 0 N–H and O–H groups in total. The van der Waals surface area contributed by atoms with Crippen LogP contribution >= 0.6 is 11.6 Å². The molecule has 5 heteroatoms. The molecule has 3 rings (SSSR count). The number of rotatable bonds is 6. The number of para-hydroxylation sites is 1. The number of oxazole rings is 1. The highest BCUT2D eigenvalue weighted by Crippen LogP contribution is 2.30. The van der Waals surface area contributed by atoms with Crippen molar-refractivity contribution < 1.29 is 9.15 Å². The fourth-order valence-electron chi connectivity index (χ4n) is 2.99. The second-order valence-corrected chi connectivity index (χ2v) is 6.80. The maximum absolute atomic E-state index is 6.03. The van der Waals surface area contributed by atoms with Crippen LogP contribution in [0.15, 0.2) is 52.9 Å². The quantitative estimate of drug-likeness (QED) is 0.573. The Balaban J connectivity index is 1.78. The molecule has 2 aromatic carbocycles. The van der Waals surface area contributed by atoms with Crippen molar-refractivity contribution in [3.05, 3.63) is 70.7 Å². The minimum Gasteiger partial charge on any atom is -0.496 e. The first-order valence-electron chi connectivity index (χ1n) is 8.55. The smallest absolute Gasteiger partial charge is 0.209 e. The van der Waals surface area contributed by atoms with E-state index in [4.69, 9.17) is 20.8 Å². The van der Waals surface area contributed by atoms with Crippen molar-refractivity contribution in [1.82, 2.24) is 9.88 Å². The number of aryl methyl sites for hydroxylation is 1. The summed E-state index contributed by atoms with van der Waals surface area (Å²) in [7, 11) is 3.75. The normalized spacial score (nSPS) is 12.4. The van der Waals surface area contributed by atoms with Crippen molar-refractivity contribution in [1.29, 1.82) is 0 Å².